The van der Waals surface area contributed by atoms with Crippen LogP contribution in [0.2, 0.25) is 0 Å². The number of carbonyl (C=O) groups excluding carboxylic acids is 3. The SMILES string of the molecule is CCC(C)(C)N(C(=O)C(CS)NC(=O)OC(C)(C)C)C(C(=O)NC1CCCCC1)c1ccc(O)c(C)c1. The van der Waals surface area contributed by atoms with Crippen LogP contribution in [0, 0.1) is 6.92 Å². The van der Waals surface area contributed by atoms with Crippen molar-refractivity contribution in [2.24, 2.45) is 0 Å². The highest BCUT2D eigenvalue weighted by Crippen LogP contribution is 2.34. The summed E-state index contributed by atoms with van der Waals surface area (Å²) in [4.78, 5) is 42.2. The number of ether oxygens (including phenoxy) is 1. The van der Waals surface area contributed by atoms with Crippen LogP contribution in [-0.4, -0.2) is 56.9 Å². The second kappa shape index (κ2) is 12.9. The van der Waals surface area contributed by atoms with E-state index in [0.29, 0.717) is 17.5 Å². The number of phenolic OH excluding ortho intramolecular Hbond substituents is 1. The van der Waals surface area contributed by atoms with Crippen LogP contribution in [-0.2, 0) is 14.3 Å². The van der Waals surface area contributed by atoms with Crippen molar-refractivity contribution in [2.45, 2.75) is 116 Å². The fraction of sp³-hybridized carbons (Fsp3) is 0.679. The number of nitrogens with one attached hydrogen (secondary N) is 2. The second-order valence-electron chi connectivity index (χ2n) is 11.5. The van der Waals surface area contributed by atoms with Crippen molar-refractivity contribution in [3.63, 3.8) is 0 Å². The highest BCUT2D eigenvalue weighted by Gasteiger charge is 2.43. The molecule has 0 aliphatic heterocycles. The van der Waals surface area contributed by atoms with E-state index in [0.717, 1.165) is 32.1 Å². The molecule has 0 aromatic heterocycles. The topological polar surface area (TPSA) is 108 Å². The molecule has 8 nitrogen and oxygen atoms in total. The molecule has 2 unspecified atom stereocenters. The predicted octanol–water partition coefficient (Wildman–Crippen LogP) is 5.03. The summed E-state index contributed by atoms with van der Waals surface area (Å²) in [5, 5.41) is 16.0. The largest absolute Gasteiger partial charge is 0.508 e. The minimum absolute atomic E-state index is 0.0277. The molecule has 2 rings (SSSR count). The molecular formula is C28H45N3O5S. The van der Waals surface area contributed by atoms with Crippen molar-refractivity contribution in [1.82, 2.24) is 15.5 Å². The molecule has 1 aliphatic carbocycles. The van der Waals surface area contributed by atoms with Gasteiger partial charge in [0, 0.05) is 17.3 Å². The lowest BCUT2D eigenvalue weighted by Gasteiger charge is -2.45. The van der Waals surface area contributed by atoms with Crippen molar-refractivity contribution in [3.05, 3.63) is 29.3 Å². The lowest BCUT2D eigenvalue weighted by atomic mass is 9.90. The molecule has 0 heterocycles. The lowest BCUT2D eigenvalue weighted by molar-refractivity contribution is -0.149. The third-order valence-corrected chi connectivity index (χ3v) is 7.29. The molecule has 0 bridgehead atoms. The van der Waals surface area contributed by atoms with Crippen molar-refractivity contribution >= 4 is 30.5 Å². The maximum Gasteiger partial charge on any atom is 0.408 e. The van der Waals surface area contributed by atoms with E-state index in [1.165, 1.54) is 0 Å². The number of aromatic hydroxyl groups is 1. The summed E-state index contributed by atoms with van der Waals surface area (Å²) < 4.78 is 5.37. The molecule has 1 fully saturated rings. The number of phenols is 1. The lowest BCUT2D eigenvalue weighted by Crippen LogP contribution is -2.60. The van der Waals surface area contributed by atoms with Gasteiger partial charge in [-0.1, -0.05) is 32.3 Å². The van der Waals surface area contributed by atoms with Gasteiger partial charge >= 0.3 is 6.09 Å². The van der Waals surface area contributed by atoms with Gasteiger partial charge in [-0.05, 0) is 84.1 Å². The second-order valence-corrected chi connectivity index (χ2v) is 11.9. The van der Waals surface area contributed by atoms with Gasteiger partial charge in [0.15, 0.2) is 0 Å². The van der Waals surface area contributed by atoms with Crippen LogP contribution in [0.4, 0.5) is 4.79 Å². The Morgan fingerprint density at radius 3 is 2.27 bits per heavy atom. The monoisotopic (exact) mass is 535 g/mol. The number of rotatable bonds is 9. The van der Waals surface area contributed by atoms with E-state index < -0.39 is 35.2 Å². The van der Waals surface area contributed by atoms with E-state index in [2.05, 4.69) is 23.3 Å². The Labute approximate surface area is 227 Å². The number of nitrogens with zero attached hydrogens (tertiary/aromatic N) is 1. The summed E-state index contributed by atoms with van der Waals surface area (Å²) in [5.41, 5.74) is -0.280. The van der Waals surface area contributed by atoms with E-state index in [1.807, 2.05) is 20.8 Å². The van der Waals surface area contributed by atoms with E-state index in [4.69, 9.17) is 4.74 Å². The Morgan fingerprint density at radius 2 is 1.76 bits per heavy atom. The van der Waals surface area contributed by atoms with Gasteiger partial charge in [0.05, 0.1) is 0 Å². The number of benzene rings is 1. The summed E-state index contributed by atoms with van der Waals surface area (Å²) >= 11 is 4.35. The van der Waals surface area contributed by atoms with E-state index in [-0.39, 0.29) is 23.5 Å². The minimum atomic E-state index is -1.01. The van der Waals surface area contributed by atoms with Gasteiger partial charge in [0.1, 0.15) is 23.4 Å². The van der Waals surface area contributed by atoms with Crippen LogP contribution in [0.15, 0.2) is 18.2 Å². The Hall–Kier alpha value is -2.42. The first kappa shape index (κ1) is 30.8. The number of aryl methyl sites for hydroxylation is 1. The first-order chi connectivity index (χ1) is 17.2. The van der Waals surface area contributed by atoms with E-state index in [9.17, 15) is 19.5 Å². The number of carbonyl (C=O) groups is 3. The standard InChI is InChI=1S/C28H45N3O5S/c1-8-28(6,7)31(25(34)21(17-37)30-26(35)36-27(3,4)5)23(19-14-15-22(32)18(2)16-19)24(33)29-20-12-10-9-11-13-20/h14-16,20-21,23,32,37H,8-13,17H2,1-7H3,(H,29,33)(H,30,35). The molecule has 0 radical (unpaired) electrons. The smallest absolute Gasteiger partial charge is 0.408 e. The van der Waals surface area contributed by atoms with Crippen LogP contribution >= 0.6 is 12.6 Å². The molecule has 2 atom stereocenters. The normalized spacial score (nSPS) is 16.4. The molecule has 3 N–H and O–H groups in total. The molecule has 1 aromatic rings. The third kappa shape index (κ3) is 8.55. The molecule has 1 aliphatic rings. The molecule has 9 heteroatoms. The third-order valence-electron chi connectivity index (χ3n) is 6.92. The maximum atomic E-state index is 14.1. The van der Waals surface area contributed by atoms with Gasteiger partial charge in [-0.3, -0.25) is 9.59 Å². The van der Waals surface area contributed by atoms with Gasteiger partial charge in [0.25, 0.3) is 0 Å². The summed E-state index contributed by atoms with van der Waals surface area (Å²) in [6, 6.07) is 3.03. The average molecular weight is 536 g/mol. The van der Waals surface area contributed by atoms with Gasteiger partial charge in [-0.15, -0.1) is 0 Å². The molecule has 0 saturated heterocycles. The van der Waals surface area contributed by atoms with E-state index >= 15 is 0 Å². The number of hydrogen-bond donors (Lipinski definition) is 4. The zero-order valence-electron chi connectivity index (χ0n) is 23.4. The first-order valence-electron chi connectivity index (χ1n) is 13.2. The van der Waals surface area contributed by atoms with Crippen LogP contribution in [0.5, 0.6) is 5.75 Å². The molecule has 1 saturated carbocycles. The Morgan fingerprint density at radius 1 is 1.14 bits per heavy atom. The molecule has 37 heavy (non-hydrogen) atoms. The Bertz CT molecular complexity index is 954. The Balaban J connectivity index is 2.53. The fourth-order valence-corrected chi connectivity index (χ4v) is 4.79. The van der Waals surface area contributed by atoms with E-state index in [1.54, 1.807) is 50.8 Å². The van der Waals surface area contributed by atoms with Crippen molar-refractivity contribution < 1.29 is 24.2 Å². The molecule has 1 aromatic carbocycles. The number of alkyl carbamates (subject to hydrolysis) is 1. The summed E-state index contributed by atoms with van der Waals surface area (Å²) in [6.07, 6.45) is 4.90. The van der Waals surface area contributed by atoms with Crippen molar-refractivity contribution in [2.75, 3.05) is 5.75 Å². The summed E-state index contributed by atoms with van der Waals surface area (Å²) in [7, 11) is 0. The number of thiol groups is 1. The highest BCUT2D eigenvalue weighted by molar-refractivity contribution is 7.80. The van der Waals surface area contributed by atoms with Crippen LogP contribution in [0.3, 0.4) is 0 Å². The van der Waals surface area contributed by atoms with Gasteiger partial charge < -0.3 is 25.4 Å². The quantitative estimate of drug-likeness (QED) is 0.332. The van der Waals surface area contributed by atoms with Gasteiger partial charge in [-0.2, -0.15) is 12.6 Å². The number of amides is 3. The first-order valence-corrected chi connectivity index (χ1v) is 13.9. The average Bonchev–Trinajstić information content (AvgIpc) is 2.81. The number of hydrogen-bond acceptors (Lipinski definition) is 6. The van der Waals surface area contributed by atoms with Crippen LogP contribution in [0.1, 0.15) is 97.2 Å². The van der Waals surface area contributed by atoms with Crippen LogP contribution < -0.4 is 10.6 Å². The zero-order valence-corrected chi connectivity index (χ0v) is 24.3. The van der Waals surface area contributed by atoms with Crippen molar-refractivity contribution in [3.8, 4) is 5.75 Å². The summed E-state index contributed by atoms with van der Waals surface area (Å²) in [6.45, 7) is 12.8. The molecular weight excluding hydrogens is 490 g/mol. The summed E-state index contributed by atoms with van der Waals surface area (Å²) in [5.74, 6) is -0.563. The highest BCUT2D eigenvalue weighted by atomic mass is 32.1. The van der Waals surface area contributed by atoms with Gasteiger partial charge in [0.2, 0.25) is 11.8 Å². The molecule has 3 amide bonds. The zero-order chi connectivity index (χ0) is 28.0. The van der Waals surface area contributed by atoms with Crippen LogP contribution in [0.25, 0.3) is 0 Å². The van der Waals surface area contributed by atoms with Gasteiger partial charge in [-0.25, -0.2) is 4.79 Å². The molecule has 0 spiro atoms. The molecule has 208 valence electrons. The maximum absolute atomic E-state index is 14.1. The predicted molar refractivity (Wildman–Crippen MR) is 149 cm³/mol. The Kier molecular flexibility index (Phi) is 10.7. The van der Waals surface area contributed by atoms with Crippen molar-refractivity contribution in [1.29, 1.82) is 0 Å². The minimum Gasteiger partial charge on any atom is -0.508 e. The fourth-order valence-electron chi connectivity index (χ4n) is 4.54.